The van der Waals surface area contributed by atoms with Crippen molar-refractivity contribution in [2.24, 2.45) is 0 Å². The average molecular weight is 363 g/mol. The maximum Gasteiger partial charge on any atom is 0.243 e. The Hall–Kier alpha value is -2.61. The molecule has 0 aliphatic carbocycles. The van der Waals surface area contributed by atoms with Gasteiger partial charge in [-0.15, -0.1) is 0 Å². The monoisotopic (exact) mass is 363 g/mol. The molecule has 0 bridgehead atoms. The van der Waals surface area contributed by atoms with Gasteiger partial charge < -0.3 is 10.1 Å². The first-order valence-corrected chi connectivity index (χ1v) is 9.49. The molecule has 0 spiro atoms. The normalized spacial score (nSPS) is 12.3. The summed E-state index contributed by atoms with van der Waals surface area (Å²) in [6.07, 6.45) is 2.69. The number of aromatic nitrogens is 1. The van der Waals surface area contributed by atoms with Gasteiger partial charge in [0.2, 0.25) is 15.9 Å². The standard InChI is InChI=1S/C17H21N3O4S/c1-13(17(21)19-12-14-7-4-5-10-18-14)20(25(3,22)23)15-8-6-9-16(11-15)24-2/h4-11,13H,12H2,1-3H3,(H,19,21)/t13-/m1/s1. The maximum atomic E-state index is 12.5. The number of methoxy groups -OCH3 is 1. The number of amides is 1. The molecule has 25 heavy (non-hydrogen) atoms. The molecule has 0 saturated carbocycles. The molecule has 2 aromatic rings. The van der Waals surface area contributed by atoms with E-state index in [1.54, 1.807) is 42.6 Å². The molecule has 1 N–H and O–H groups in total. The van der Waals surface area contributed by atoms with Crippen LogP contribution in [0, 0.1) is 0 Å². The lowest BCUT2D eigenvalue weighted by Crippen LogP contribution is -2.47. The second kappa shape index (κ2) is 7.98. The van der Waals surface area contributed by atoms with Crippen molar-refractivity contribution >= 4 is 21.6 Å². The number of rotatable bonds is 7. The lowest BCUT2D eigenvalue weighted by molar-refractivity contribution is -0.122. The van der Waals surface area contributed by atoms with Gasteiger partial charge in [0.25, 0.3) is 0 Å². The van der Waals surface area contributed by atoms with E-state index in [1.165, 1.54) is 14.0 Å². The summed E-state index contributed by atoms with van der Waals surface area (Å²) in [4.78, 5) is 16.6. The number of carbonyl (C=O) groups is 1. The van der Waals surface area contributed by atoms with E-state index in [9.17, 15) is 13.2 Å². The third-order valence-electron chi connectivity index (χ3n) is 3.57. The van der Waals surface area contributed by atoms with E-state index in [2.05, 4.69) is 10.3 Å². The molecule has 0 saturated heterocycles. The highest BCUT2D eigenvalue weighted by Crippen LogP contribution is 2.25. The molecular formula is C17H21N3O4S. The van der Waals surface area contributed by atoms with Crippen molar-refractivity contribution in [2.75, 3.05) is 17.7 Å². The highest BCUT2D eigenvalue weighted by atomic mass is 32.2. The van der Waals surface area contributed by atoms with Crippen LogP contribution in [0.1, 0.15) is 12.6 Å². The molecule has 134 valence electrons. The van der Waals surface area contributed by atoms with Gasteiger partial charge in [-0.25, -0.2) is 8.42 Å². The largest absolute Gasteiger partial charge is 0.497 e. The van der Waals surface area contributed by atoms with E-state index in [0.717, 1.165) is 10.6 Å². The fourth-order valence-corrected chi connectivity index (χ4v) is 3.55. The van der Waals surface area contributed by atoms with Gasteiger partial charge in [-0.3, -0.25) is 14.1 Å². The van der Waals surface area contributed by atoms with E-state index in [0.29, 0.717) is 17.1 Å². The Balaban J connectivity index is 2.20. The highest BCUT2D eigenvalue weighted by molar-refractivity contribution is 7.92. The van der Waals surface area contributed by atoms with Gasteiger partial charge >= 0.3 is 0 Å². The van der Waals surface area contributed by atoms with Gasteiger partial charge in [-0.2, -0.15) is 0 Å². The lowest BCUT2D eigenvalue weighted by atomic mass is 10.2. The van der Waals surface area contributed by atoms with Crippen molar-refractivity contribution in [3.8, 4) is 5.75 Å². The smallest absolute Gasteiger partial charge is 0.243 e. The number of ether oxygens (including phenoxy) is 1. The van der Waals surface area contributed by atoms with E-state index < -0.39 is 22.0 Å². The summed E-state index contributed by atoms with van der Waals surface area (Å²) < 4.78 is 30.7. The maximum absolute atomic E-state index is 12.5. The quantitative estimate of drug-likeness (QED) is 0.806. The predicted molar refractivity (Wildman–Crippen MR) is 95.9 cm³/mol. The first-order chi connectivity index (χ1) is 11.8. The summed E-state index contributed by atoms with van der Waals surface area (Å²) in [6.45, 7) is 1.76. The van der Waals surface area contributed by atoms with E-state index in [4.69, 9.17) is 4.74 Å². The van der Waals surface area contributed by atoms with E-state index >= 15 is 0 Å². The molecule has 0 aliphatic rings. The molecule has 0 unspecified atom stereocenters. The number of hydrogen-bond acceptors (Lipinski definition) is 5. The Labute approximate surface area is 147 Å². The van der Waals surface area contributed by atoms with Crippen LogP contribution in [-0.2, 0) is 21.4 Å². The molecule has 2 rings (SSSR count). The second-order valence-electron chi connectivity index (χ2n) is 5.48. The van der Waals surface area contributed by atoms with Crippen LogP contribution in [0.25, 0.3) is 0 Å². The van der Waals surface area contributed by atoms with Crippen LogP contribution >= 0.6 is 0 Å². The minimum atomic E-state index is -3.67. The summed E-state index contributed by atoms with van der Waals surface area (Å²) >= 11 is 0. The van der Waals surface area contributed by atoms with Crippen molar-refractivity contribution in [2.45, 2.75) is 19.5 Å². The summed E-state index contributed by atoms with van der Waals surface area (Å²) in [7, 11) is -2.18. The summed E-state index contributed by atoms with van der Waals surface area (Å²) in [5, 5.41) is 2.71. The first-order valence-electron chi connectivity index (χ1n) is 7.64. The van der Waals surface area contributed by atoms with Gasteiger partial charge in [0.15, 0.2) is 0 Å². The third-order valence-corrected chi connectivity index (χ3v) is 4.81. The van der Waals surface area contributed by atoms with E-state index in [1.807, 2.05) is 6.07 Å². The Kier molecular flexibility index (Phi) is 5.97. The van der Waals surface area contributed by atoms with Crippen molar-refractivity contribution in [3.63, 3.8) is 0 Å². The van der Waals surface area contributed by atoms with Crippen molar-refractivity contribution < 1.29 is 17.9 Å². The van der Waals surface area contributed by atoms with Crippen LogP contribution < -0.4 is 14.4 Å². The molecule has 0 fully saturated rings. The molecule has 8 heteroatoms. The molecule has 1 aromatic heterocycles. The molecule has 1 amide bonds. The Morgan fingerprint density at radius 2 is 2.04 bits per heavy atom. The fourth-order valence-electron chi connectivity index (χ4n) is 2.38. The van der Waals surface area contributed by atoms with Crippen molar-refractivity contribution in [3.05, 3.63) is 54.4 Å². The first kappa shape index (κ1) is 18.7. The molecule has 0 radical (unpaired) electrons. The Bertz CT molecular complexity index is 825. The van der Waals surface area contributed by atoms with E-state index in [-0.39, 0.29) is 6.54 Å². The number of pyridine rings is 1. The van der Waals surface area contributed by atoms with Gasteiger partial charge in [0.1, 0.15) is 11.8 Å². The van der Waals surface area contributed by atoms with Crippen LogP contribution in [0.2, 0.25) is 0 Å². The second-order valence-corrected chi connectivity index (χ2v) is 7.33. The lowest BCUT2D eigenvalue weighted by Gasteiger charge is -2.28. The zero-order valence-electron chi connectivity index (χ0n) is 14.3. The summed E-state index contributed by atoms with van der Waals surface area (Å²) in [6, 6.07) is 11.0. The average Bonchev–Trinajstić information content (AvgIpc) is 2.59. The molecule has 1 aromatic carbocycles. The number of anilines is 1. The third kappa shape index (κ3) is 4.93. The van der Waals surface area contributed by atoms with Gasteiger partial charge in [0, 0.05) is 12.3 Å². The van der Waals surface area contributed by atoms with Crippen molar-refractivity contribution in [1.29, 1.82) is 0 Å². The minimum Gasteiger partial charge on any atom is -0.497 e. The molecule has 7 nitrogen and oxygen atoms in total. The number of carbonyl (C=O) groups excluding carboxylic acids is 1. The number of nitrogens with one attached hydrogen (secondary N) is 1. The number of hydrogen-bond donors (Lipinski definition) is 1. The molecular weight excluding hydrogens is 342 g/mol. The van der Waals surface area contributed by atoms with Gasteiger partial charge in [0.05, 0.1) is 31.3 Å². The summed E-state index contributed by atoms with van der Waals surface area (Å²) in [5.74, 6) is 0.0890. The summed E-state index contributed by atoms with van der Waals surface area (Å²) in [5.41, 5.74) is 1.05. The minimum absolute atomic E-state index is 0.222. The highest BCUT2D eigenvalue weighted by Gasteiger charge is 2.29. The Morgan fingerprint density at radius 3 is 2.64 bits per heavy atom. The van der Waals surface area contributed by atoms with Crippen LogP contribution in [0.3, 0.4) is 0 Å². The number of sulfonamides is 1. The molecule has 0 aliphatic heterocycles. The molecule has 1 atom stereocenters. The van der Waals surface area contributed by atoms with Crippen LogP contribution in [0.5, 0.6) is 5.75 Å². The topological polar surface area (TPSA) is 88.6 Å². The fraction of sp³-hybridized carbons (Fsp3) is 0.294. The SMILES string of the molecule is COc1cccc(N([C@H](C)C(=O)NCc2ccccn2)S(C)(=O)=O)c1. The van der Waals surface area contributed by atoms with Gasteiger partial charge in [-0.05, 0) is 31.2 Å². The van der Waals surface area contributed by atoms with Crippen LogP contribution in [0.15, 0.2) is 48.7 Å². The Morgan fingerprint density at radius 1 is 1.28 bits per heavy atom. The van der Waals surface area contributed by atoms with Crippen LogP contribution in [-0.4, -0.2) is 38.7 Å². The molecule has 1 heterocycles. The van der Waals surface area contributed by atoms with Crippen LogP contribution in [0.4, 0.5) is 5.69 Å². The predicted octanol–water partition coefficient (Wildman–Crippen LogP) is 1.56. The van der Waals surface area contributed by atoms with Gasteiger partial charge in [-0.1, -0.05) is 12.1 Å². The zero-order valence-corrected chi connectivity index (χ0v) is 15.2. The number of benzene rings is 1. The number of nitrogens with zero attached hydrogens (tertiary/aromatic N) is 2. The zero-order chi connectivity index (χ0) is 18.4. The van der Waals surface area contributed by atoms with Crippen molar-refractivity contribution in [1.82, 2.24) is 10.3 Å².